The molecule has 0 N–H and O–H groups in total. The maximum atomic E-state index is 5.41. The first-order valence-electron chi connectivity index (χ1n) is 5.74. The molecular formula is C14H18OS2. The molecule has 1 aromatic rings. The van der Waals surface area contributed by atoms with E-state index < -0.39 is 0 Å². The van der Waals surface area contributed by atoms with E-state index in [-0.39, 0.29) is 0 Å². The minimum absolute atomic E-state index is 0.623. The molecule has 0 aliphatic carbocycles. The first-order chi connectivity index (χ1) is 8.04. The second-order valence-electron chi connectivity index (χ2n) is 4.48. The topological polar surface area (TPSA) is 9.23 Å². The molecule has 0 bridgehead atoms. The van der Waals surface area contributed by atoms with E-state index in [1.165, 1.54) is 27.2 Å². The summed E-state index contributed by atoms with van der Waals surface area (Å²) in [5.74, 6) is 1.01. The zero-order valence-corrected chi connectivity index (χ0v) is 12.6. The van der Waals surface area contributed by atoms with Gasteiger partial charge in [-0.25, -0.2) is 0 Å². The van der Waals surface area contributed by atoms with Gasteiger partial charge >= 0.3 is 0 Å². The minimum Gasteiger partial charge on any atom is -0.496 e. The molecule has 2 rings (SSSR count). The smallest absolute Gasteiger partial charge is 0.124 e. The van der Waals surface area contributed by atoms with E-state index in [0.29, 0.717) is 5.25 Å². The molecule has 0 spiro atoms. The summed E-state index contributed by atoms with van der Waals surface area (Å²) in [5.41, 5.74) is 5.25. The van der Waals surface area contributed by atoms with Crippen LogP contribution in [0.1, 0.15) is 30.5 Å². The average molecular weight is 266 g/mol. The zero-order chi connectivity index (χ0) is 12.6. The first-order valence-corrected chi connectivity index (χ1v) is 7.95. The Bertz CT molecular complexity index is 454. The summed E-state index contributed by atoms with van der Waals surface area (Å²) in [4.78, 5) is 1.43. The molecule has 0 radical (unpaired) electrons. The lowest BCUT2D eigenvalue weighted by atomic mass is 10.0. The Labute approximate surface area is 111 Å². The predicted molar refractivity (Wildman–Crippen MR) is 79.7 cm³/mol. The van der Waals surface area contributed by atoms with Crippen LogP contribution in [-0.2, 0) is 0 Å². The molecule has 1 atom stereocenters. The van der Waals surface area contributed by atoms with Gasteiger partial charge in [-0.15, -0.1) is 0 Å². The van der Waals surface area contributed by atoms with E-state index >= 15 is 0 Å². The Morgan fingerprint density at radius 2 is 1.71 bits per heavy atom. The molecule has 1 nitrogen and oxygen atoms in total. The third-order valence-electron chi connectivity index (χ3n) is 3.17. The molecule has 17 heavy (non-hydrogen) atoms. The molecule has 92 valence electrons. The summed E-state index contributed by atoms with van der Waals surface area (Å²) in [5, 5.41) is 0.623. The number of rotatable bonds is 2. The Kier molecular flexibility index (Phi) is 3.79. The van der Waals surface area contributed by atoms with Crippen LogP contribution in [0, 0.1) is 13.8 Å². The first kappa shape index (κ1) is 12.9. The summed E-state index contributed by atoms with van der Waals surface area (Å²) < 4.78 is 5.41. The normalized spacial score (nSPS) is 19.9. The maximum absolute atomic E-state index is 5.41. The van der Waals surface area contributed by atoms with Crippen molar-refractivity contribution in [1.29, 1.82) is 0 Å². The highest BCUT2D eigenvalue weighted by Crippen LogP contribution is 2.51. The van der Waals surface area contributed by atoms with Gasteiger partial charge in [0, 0.05) is 10.2 Å². The lowest BCUT2D eigenvalue weighted by Gasteiger charge is -2.12. The molecule has 1 unspecified atom stereocenters. The van der Waals surface area contributed by atoms with Gasteiger partial charge in [-0.3, -0.25) is 0 Å². The molecule has 0 saturated carbocycles. The van der Waals surface area contributed by atoms with Crippen LogP contribution in [0.3, 0.4) is 0 Å². The molecule has 0 amide bonds. The quantitative estimate of drug-likeness (QED) is 0.710. The Morgan fingerprint density at radius 1 is 1.12 bits per heavy atom. The molecule has 0 aromatic heterocycles. The van der Waals surface area contributed by atoms with Crippen molar-refractivity contribution in [3.63, 3.8) is 0 Å². The van der Waals surface area contributed by atoms with Gasteiger partial charge in [0.05, 0.1) is 7.11 Å². The van der Waals surface area contributed by atoms with Gasteiger partial charge in [-0.05, 0) is 62.1 Å². The molecule has 0 fully saturated rings. The molecule has 1 aliphatic rings. The van der Waals surface area contributed by atoms with Gasteiger partial charge in [0.25, 0.3) is 0 Å². The van der Waals surface area contributed by atoms with Gasteiger partial charge in [0.15, 0.2) is 0 Å². The largest absolute Gasteiger partial charge is 0.496 e. The fraction of sp³-hybridized carbons (Fsp3) is 0.429. The van der Waals surface area contributed by atoms with E-state index in [1.807, 2.05) is 21.6 Å². The molecular weight excluding hydrogens is 248 g/mol. The number of hydrogen-bond acceptors (Lipinski definition) is 3. The van der Waals surface area contributed by atoms with Gasteiger partial charge < -0.3 is 4.74 Å². The number of ether oxygens (including phenoxy) is 1. The SMILES string of the molecule is COc1c(C)cc(C2=C(C)C(C)SS2)cc1C. The summed E-state index contributed by atoms with van der Waals surface area (Å²) in [6, 6.07) is 4.46. The minimum atomic E-state index is 0.623. The highest BCUT2D eigenvalue weighted by Gasteiger charge is 2.22. The van der Waals surface area contributed by atoms with Crippen molar-refractivity contribution in [1.82, 2.24) is 0 Å². The second-order valence-corrected chi connectivity index (χ2v) is 7.03. The van der Waals surface area contributed by atoms with Crippen molar-refractivity contribution in [3.05, 3.63) is 34.4 Å². The zero-order valence-electron chi connectivity index (χ0n) is 11.0. The summed E-state index contributed by atoms with van der Waals surface area (Å²) in [7, 11) is 5.58. The Morgan fingerprint density at radius 3 is 2.12 bits per heavy atom. The molecule has 3 heteroatoms. The van der Waals surface area contributed by atoms with Gasteiger partial charge in [0.2, 0.25) is 0 Å². The fourth-order valence-electron chi connectivity index (χ4n) is 2.12. The number of hydrogen-bond donors (Lipinski definition) is 0. The number of methoxy groups -OCH3 is 1. The van der Waals surface area contributed by atoms with E-state index in [2.05, 4.69) is 39.8 Å². The Balaban J connectivity index is 2.48. The van der Waals surface area contributed by atoms with Crippen LogP contribution in [0.4, 0.5) is 0 Å². The van der Waals surface area contributed by atoms with Crippen molar-refractivity contribution >= 4 is 26.5 Å². The number of aryl methyl sites for hydroxylation is 2. The monoisotopic (exact) mass is 266 g/mol. The van der Waals surface area contributed by atoms with Crippen molar-refractivity contribution in [2.24, 2.45) is 0 Å². The summed E-state index contributed by atoms with van der Waals surface area (Å²) in [6.07, 6.45) is 0. The third-order valence-corrected chi connectivity index (χ3v) is 6.29. The van der Waals surface area contributed by atoms with Crippen LogP contribution in [0.25, 0.3) is 4.91 Å². The predicted octanol–water partition coefficient (Wildman–Crippen LogP) is 4.83. The summed E-state index contributed by atoms with van der Waals surface area (Å²) >= 11 is 0. The van der Waals surface area contributed by atoms with Crippen LogP contribution >= 0.6 is 21.6 Å². The average Bonchev–Trinajstić information content (AvgIpc) is 2.59. The van der Waals surface area contributed by atoms with E-state index in [1.54, 1.807) is 7.11 Å². The van der Waals surface area contributed by atoms with Gasteiger partial charge in [-0.1, -0.05) is 21.6 Å². The standard InChI is InChI=1S/C14H18OS2/c1-8-6-12(7-9(2)13(8)15-5)14-10(3)11(4)16-17-14/h6-7,11H,1-5H3. The molecule has 1 heterocycles. The van der Waals surface area contributed by atoms with Crippen LogP contribution in [-0.4, -0.2) is 12.4 Å². The van der Waals surface area contributed by atoms with Crippen molar-refractivity contribution in [2.75, 3.05) is 7.11 Å². The third kappa shape index (κ3) is 2.36. The summed E-state index contributed by atoms with van der Waals surface area (Å²) in [6.45, 7) is 8.73. The van der Waals surface area contributed by atoms with E-state index in [9.17, 15) is 0 Å². The van der Waals surface area contributed by atoms with Gasteiger partial charge in [0.1, 0.15) is 5.75 Å². The maximum Gasteiger partial charge on any atom is 0.124 e. The molecule has 1 aromatic carbocycles. The van der Waals surface area contributed by atoms with E-state index in [0.717, 1.165) is 5.75 Å². The van der Waals surface area contributed by atoms with Crippen LogP contribution in [0.5, 0.6) is 5.75 Å². The highest BCUT2D eigenvalue weighted by atomic mass is 33.1. The highest BCUT2D eigenvalue weighted by molar-refractivity contribution is 8.80. The molecule has 1 aliphatic heterocycles. The lowest BCUT2D eigenvalue weighted by molar-refractivity contribution is 0.408. The van der Waals surface area contributed by atoms with Crippen molar-refractivity contribution in [3.8, 4) is 5.75 Å². The van der Waals surface area contributed by atoms with Crippen LogP contribution in [0.2, 0.25) is 0 Å². The van der Waals surface area contributed by atoms with Crippen molar-refractivity contribution < 1.29 is 4.74 Å². The van der Waals surface area contributed by atoms with E-state index in [4.69, 9.17) is 4.74 Å². The molecule has 0 saturated heterocycles. The fourth-order valence-corrected chi connectivity index (χ4v) is 5.06. The Hall–Kier alpha value is -0.540. The van der Waals surface area contributed by atoms with Crippen LogP contribution < -0.4 is 4.74 Å². The number of benzene rings is 1. The van der Waals surface area contributed by atoms with Gasteiger partial charge in [-0.2, -0.15) is 0 Å². The van der Waals surface area contributed by atoms with Crippen molar-refractivity contribution in [2.45, 2.75) is 32.9 Å². The van der Waals surface area contributed by atoms with Crippen LogP contribution in [0.15, 0.2) is 17.7 Å². The lowest BCUT2D eigenvalue weighted by Crippen LogP contribution is -1.95. The second kappa shape index (κ2) is 4.99.